The minimum atomic E-state index is -0.583. The molecule has 3 aromatic heterocycles. The molecule has 1 atom stereocenters. The maximum absolute atomic E-state index is 13.4. The van der Waals surface area contributed by atoms with Crippen LogP contribution in [0.3, 0.4) is 0 Å². The molecule has 0 spiro atoms. The number of amides is 1. The van der Waals surface area contributed by atoms with Gasteiger partial charge in [0.2, 0.25) is 5.88 Å². The number of esters is 1. The summed E-state index contributed by atoms with van der Waals surface area (Å²) in [5, 5.41) is 6.40. The van der Waals surface area contributed by atoms with Crippen LogP contribution in [-0.4, -0.2) is 46.7 Å². The van der Waals surface area contributed by atoms with Gasteiger partial charge in [0.15, 0.2) is 0 Å². The molecule has 4 heterocycles. The number of hydrogen-bond acceptors (Lipinski definition) is 7. The highest BCUT2D eigenvalue weighted by atomic mass is 16.5. The topological polar surface area (TPSA) is 107 Å². The molecule has 0 saturated carbocycles. The second kappa shape index (κ2) is 12.4. The van der Waals surface area contributed by atoms with Gasteiger partial charge in [0.1, 0.15) is 11.5 Å². The fourth-order valence-electron chi connectivity index (χ4n) is 4.53. The van der Waals surface area contributed by atoms with Crippen LogP contribution < -0.4 is 15.4 Å². The van der Waals surface area contributed by atoms with Crippen molar-refractivity contribution in [3.8, 4) is 5.88 Å². The Bertz CT molecular complexity index is 1220. The average Bonchev–Trinajstić information content (AvgIpc) is 3.35. The molecule has 196 valence electrons. The number of methoxy groups -OCH3 is 1. The van der Waals surface area contributed by atoms with E-state index in [-0.39, 0.29) is 24.9 Å². The highest BCUT2D eigenvalue weighted by Gasteiger charge is 2.23. The standard InChI is InChI=1S/C28H35N5O4/c1-4-33-18-19(8-11-22-12-9-20-7-6-14-29-27(20)31-22)15-24(33)28(35)32-23(16-26(34)37-5-2)21-10-13-25(36-3)30-17-21/h9-10,12-13,15,17-18,23H,4-8,11,14,16H2,1-3H3,(H,29,31)(H,32,35)/t23-/m0/s1. The number of carbonyl (C=O) groups is 2. The fourth-order valence-corrected chi connectivity index (χ4v) is 4.53. The summed E-state index contributed by atoms with van der Waals surface area (Å²) < 4.78 is 12.2. The number of anilines is 1. The number of aryl methyl sites for hydroxylation is 4. The summed E-state index contributed by atoms with van der Waals surface area (Å²) in [6.07, 6.45) is 7.39. The number of carbonyl (C=O) groups excluding carboxylic acids is 2. The summed E-state index contributed by atoms with van der Waals surface area (Å²) in [5.74, 6) is 0.811. The molecule has 4 rings (SSSR count). The molecular formula is C28H35N5O4. The van der Waals surface area contributed by atoms with Gasteiger partial charge in [-0.25, -0.2) is 9.97 Å². The molecule has 9 heteroatoms. The third kappa shape index (κ3) is 6.67. The Morgan fingerprint density at radius 2 is 2.05 bits per heavy atom. The zero-order valence-corrected chi connectivity index (χ0v) is 21.8. The van der Waals surface area contributed by atoms with Crippen LogP contribution in [0.4, 0.5) is 5.82 Å². The van der Waals surface area contributed by atoms with E-state index >= 15 is 0 Å². The first-order valence-corrected chi connectivity index (χ1v) is 12.9. The molecule has 0 aromatic carbocycles. The van der Waals surface area contributed by atoms with Gasteiger partial charge < -0.3 is 24.7 Å². The van der Waals surface area contributed by atoms with E-state index in [0.29, 0.717) is 23.7 Å². The fraction of sp³-hybridized carbons (Fsp3) is 0.429. The van der Waals surface area contributed by atoms with Gasteiger partial charge in [-0.3, -0.25) is 9.59 Å². The lowest BCUT2D eigenvalue weighted by molar-refractivity contribution is -0.143. The predicted molar refractivity (Wildman–Crippen MR) is 141 cm³/mol. The van der Waals surface area contributed by atoms with E-state index in [4.69, 9.17) is 14.5 Å². The monoisotopic (exact) mass is 505 g/mol. The molecule has 0 fully saturated rings. The number of nitrogens with one attached hydrogen (secondary N) is 2. The molecule has 2 N–H and O–H groups in total. The zero-order chi connectivity index (χ0) is 26.2. The van der Waals surface area contributed by atoms with Gasteiger partial charge in [-0.2, -0.15) is 0 Å². The molecule has 0 aliphatic carbocycles. The smallest absolute Gasteiger partial charge is 0.308 e. The van der Waals surface area contributed by atoms with Crippen LogP contribution in [-0.2, 0) is 35.3 Å². The quantitative estimate of drug-likeness (QED) is 0.381. The van der Waals surface area contributed by atoms with E-state index in [0.717, 1.165) is 49.3 Å². The Morgan fingerprint density at radius 3 is 2.78 bits per heavy atom. The second-order valence-electron chi connectivity index (χ2n) is 9.03. The summed E-state index contributed by atoms with van der Waals surface area (Å²) in [4.78, 5) is 34.7. The van der Waals surface area contributed by atoms with Crippen molar-refractivity contribution in [3.05, 3.63) is 70.8 Å². The van der Waals surface area contributed by atoms with E-state index in [9.17, 15) is 9.59 Å². The van der Waals surface area contributed by atoms with Crippen LogP contribution in [0.2, 0.25) is 0 Å². The minimum absolute atomic E-state index is 0.00527. The van der Waals surface area contributed by atoms with Crippen LogP contribution in [0.5, 0.6) is 5.88 Å². The lowest BCUT2D eigenvalue weighted by Crippen LogP contribution is -2.32. The van der Waals surface area contributed by atoms with E-state index in [1.807, 2.05) is 23.8 Å². The summed E-state index contributed by atoms with van der Waals surface area (Å²) in [6, 6.07) is 9.10. The summed E-state index contributed by atoms with van der Waals surface area (Å²) in [5.41, 5.74) is 4.62. The largest absolute Gasteiger partial charge is 0.481 e. The Hall–Kier alpha value is -3.88. The number of fused-ring (bicyclic) bond motifs is 1. The maximum Gasteiger partial charge on any atom is 0.308 e. The van der Waals surface area contributed by atoms with Gasteiger partial charge >= 0.3 is 5.97 Å². The van der Waals surface area contributed by atoms with Crippen molar-refractivity contribution in [3.63, 3.8) is 0 Å². The first kappa shape index (κ1) is 26.2. The lowest BCUT2D eigenvalue weighted by atomic mass is 10.0. The molecule has 0 bridgehead atoms. The molecule has 0 saturated heterocycles. The van der Waals surface area contributed by atoms with Crippen molar-refractivity contribution in [2.24, 2.45) is 0 Å². The Balaban J connectivity index is 1.47. The van der Waals surface area contributed by atoms with Gasteiger partial charge in [0.25, 0.3) is 5.91 Å². The van der Waals surface area contributed by atoms with Gasteiger partial charge in [0.05, 0.1) is 26.2 Å². The Kier molecular flexibility index (Phi) is 8.77. The Labute approximate surface area is 217 Å². The van der Waals surface area contributed by atoms with E-state index in [2.05, 4.69) is 27.8 Å². The first-order chi connectivity index (χ1) is 18.0. The number of pyridine rings is 2. The lowest BCUT2D eigenvalue weighted by Gasteiger charge is -2.19. The summed E-state index contributed by atoms with van der Waals surface area (Å²) >= 11 is 0. The number of rotatable bonds is 11. The highest BCUT2D eigenvalue weighted by Crippen LogP contribution is 2.22. The summed E-state index contributed by atoms with van der Waals surface area (Å²) in [7, 11) is 1.54. The van der Waals surface area contributed by atoms with Crippen LogP contribution in [0.25, 0.3) is 0 Å². The van der Waals surface area contributed by atoms with Crippen molar-refractivity contribution in [2.45, 2.75) is 58.5 Å². The highest BCUT2D eigenvalue weighted by molar-refractivity contribution is 5.93. The van der Waals surface area contributed by atoms with Gasteiger partial charge in [-0.1, -0.05) is 12.1 Å². The van der Waals surface area contributed by atoms with Crippen molar-refractivity contribution in [1.82, 2.24) is 19.9 Å². The number of hydrogen-bond donors (Lipinski definition) is 2. The molecule has 0 radical (unpaired) electrons. The molecule has 37 heavy (non-hydrogen) atoms. The van der Waals surface area contributed by atoms with E-state index in [1.54, 1.807) is 25.3 Å². The minimum Gasteiger partial charge on any atom is -0.481 e. The number of aromatic nitrogens is 3. The first-order valence-electron chi connectivity index (χ1n) is 12.9. The van der Waals surface area contributed by atoms with Crippen LogP contribution in [0.15, 0.2) is 42.7 Å². The molecule has 1 aliphatic rings. The molecule has 1 amide bonds. The Morgan fingerprint density at radius 1 is 1.19 bits per heavy atom. The zero-order valence-electron chi connectivity index (χ0n) is 21.8. The van der Waals surface area contributed by atoms with E-state index < -0.39 is 6.04 Å². The van der Waals surface area contributed by atoms with Gasteiger partial charge in [0, 0.05) is 37.2 Å². The van der Waals surface area contributed by atoms with Crippen LogP contribution in [0.1, 0.15) is 65.6 Å². The predicted octanol–water partition coefficient (Wildman–Crippen LogP) is 3.87. The third-order valence-electron chi connectivity index (χ3n) is 6.50. The van der Waals surface area contributed by atoms with Gasteiger partial charge in [-0.15, -0.1) is 0 Å². The van der Waals surface area contributed by atoms with Crippen molar-refractivity contribution in [1.29, 1.82) is 0 Å². The maximum atomic E-state index is 13.4. The number of nitrogens with zero attached hydrogens (tertiary/aromatic N) is 3. The van der Waals surface area contributed by atoms with Crippen molar-refractivity contribution in [2.75, 3.05) is 25.6 Å². The molecule has 0 unspecified atom stereocenters. The van der Waals surface area contributed by atoms with Crippen LogP contribution >= 0.6 is 0 Å². The summed E-state index contributed by atoms with van der Waals surface area (Å²) in [6.45, 7) is 5.64. The number of ether oxygens (including phenoxy) is 2. The van der Waals surface area contributed by atoms with Crippen LogP contribution in [0, 0.1) is 0 Å². The normalized spacial score (nSPS) is 13.3. The molecule has 1 aliphatic heterocycles. The van der Waals surface area contributed by atoms with Crippen molar-refractivity contribution < 1.29 is 19.1 Å². The van der Waals surface area contributed by atoms with Gasteiger partial charge in [-0.05, 0) is 68.4 Å². The SMILES string of the molecule is CCOC(=O)C[C@H](NC(=O)c1cc(CCc2ccc3c(n2)NCCC3)cn1CC)c1ccc(OC)nc1. The molecule has 3 aromatic rings. The van der Waals surface area contributed by atoms with Crippen molar-refractivity contribution >= 4 is 17.7 Å². The second-order valence-corrected chi connectivity index (χ2v) is 9.03. The molecule has 9 nitrogen and oxygen atoms in total. The average molecular weight is 506 g/mol. The van der Waals surface area contributed by atoms with E-state index in [1.165, 1.54) is 12.7 Å². The molecular weight excluding hydrogens is 470 g/mol. The third-order valence-corrected chi connectivity index (χ3v) is 6.50.